The van der Waals surface area contributed by atoms with Crippen LogP contribution in [0.4, 0.5) is 5.95 Å². The molecule has 0 aliphatic heterocycles. The molecule has 0 amide bonds. The summed E-state index contributed by atoms with van der Waals surface area (Å²) in [6.45, 7) is 1.78. The number of nitrogens with one attached hydrogen (secondary N) is 2. The zero-order valence-corrected chi connectivity index (χ0v) is 19.6. The van der Waals surface area contributed by atoms with Crippen molar-refractivity contribution >= 4 is 22.8 Å². The van der Waals surface area contributed by atoms with Crippen molar-refractivity contribution in [1.29, 1.82) is 0 Å². The predicted molar refractivity (Wildman–Crippen MR) is 132 cm³/mol. The highest BCUT2D eigenvalue weighted by Crippen LogP contribution is 2.18. The number of ether oxygens (including phenoxy) is 2. The second-order valence-electron chi connectivity index (χ2n) is 7.85. The summed E-state index contributed by atoms with van der Waals surface area (Å²) in [5, 5.41) is 15.0. The van der Waals surface area contributed by atoms with Crippen molar-refractivity contribution in [2.75, 3.05) is 19.1 Å². The summed E-state index contributed by atoms with van der Waals surface area (Å²) in [6, 6.07) is 16.5. The van der Waals surface area contributed by atoms with Gasteiger partial charge in [-0.3, -0.25) is 14.3 Å². The van der Waals surface area contributed by atoms with Crippen molar-refractivity contribution in [2.45, 2.75) is 19.6 Å². The molecule has 0 bridgehead atoms. The molecule has 0 aliphatic rings. The largest absolute Gasteiger partial charge is 0.497 e. The lowest BCUT2D eigenvalue weighted by Crippen LogP contribution is -2.30. The number of rotatable bonds is 9. The van der Waals surface area contributed by atoms with Gasteiger partial charge in [0.2, 0.25) is 5.95 Å². The number of hydrogen-bond acceptors (Lipinski definition) is 8. The maximum absolute atomic E-state index is 12.6. The molecule has 2 heterocycles. The van der Waals surface area contributed by atoms with Gasteiger partial charge in [-0.05, 0) is 48.9 Å². The van der Waals surface area contributed by atoms with Crippen LogP contribution in [0, 0.1) is 0 Å². The molecule has 182 valence electrons. The van der Waals surface area contributed by atoms with Crippen molar-refractivity contribution < 1.29 is 14.6 Å². The molecule has 0 aliphatic carbocycles. The molecule has 35 heavy (non-hydrogen) atoms. The van der Waals surface area contributed by atoms with Crippen LogP contribution < -0.4 is 26.1 Å². The maximum atomic E-state index is 12.6. The molecule has 3 N–H and O–H groups in total. The van der Waals surface area contributed by atoms with E-state index in [4.69, 9.17) is 9.47 Å². The van der Waals surface area contributed by atoms with Gasteiger partial charge in [0.25, 0.3) is 5.56 Å². The Bertz CT molecular complexity index is 1450. The monoisotopic (exact) mass is 478 g/mol. The molecule has 2 aromatic heterocycles. The predicted octanol–water partition coefficient (Wildman–Crippen LogP) is 1.71. The standard InChI is InChI=1S/C24H26N6O5/c1-15(16-9-11-18(34-3)12-10-16)27-28-23-25-21-20(22(32)26-24(33)29(21)2)30(23)13-17(31)14-35-19-7-5-4-6-8-19/h4-12,17,31H,13-14H2,1-3H3,(H,25,28)(H,26,32,33)/b27-15-/t17-/m1/s1. The molecule has 0 fully saturated rings. The minimum absolute atomic E-state index is 0.0130. The first kappa shape index (κ1) is 23.8. The van der Waals surface area contributed by atoms with E-state index < -0.39 is 17.4 Å². The van der Waals surface area contributed by atoms with Crippen molar-refractivity contribution in [3.05, 3.63) is 81.0 Å². The average molecular weight is 479 g/mol. The zero-order chi connectivity index (χ0) is 24.9. The Kier molecular flexibility index (Phi) is 6.97. The van der Waals surface area contributed by atoms with Gasteiger partial charge in [-0.15, -0.1) is 0 Å². The highest BCUT2D eigenvalue weighted by Gasteiger charge is 2.20. The molecule has 0 unspecified atom stereocenters. The number of aliphatic hydroxyl groups is 1. The zero-order valence-electron chi connectivity index (χ0n) is 19.6. The number of aliphatic hydroxyl groups excluding tert-OH is 1. The van der Waals surface area contributed by atoms with E-state index in [9.17, 15) is 14.7 Å². The molecule has 11 nitrogen and oxygen atoms in total. The van der Waals surface area contributed by atoms with Crippen molar-refractivity contribution in [3.63, 3.8) is 0 Å². The Morgan fingerprint density at radius 3 is 2.54 bits per heavy atom. The number of benzene rings is 2. The molecular weight excluding hydrogens is 452 g/mol. The van der Waals surface area contributed by atoms with E-state index in [1.807, 2.05) is 49.4 Å². The minimum atomic E-state index is -0.976. The van der Waals surface area contributed by atoms with E-state index in [0.29, 0.717) is 11.5 Å². The van der Waals surface area contributed by atoms with Gasteiger partial charge >= 0.3 is 5.69 Å². The van der Waals surface area contributed by atoms with Crippen LogP contribution in [0.15, 0.2) is 69.3 Å². The van der Waals surface area contributed by atoms with Crippen LogP contribution in [0.5, 0.6) is 11.5 Å². The fourth-order valence-corrected chi connectivity index (χ4v) is 3.50. The van der Waals surface area contributed by atoms with E-state index in [1.165, 1.54) is 16.2 Å². The number of hydrazone groups is 1. The van der Waals surface area contributed by atoms with Gasteiger partial charge in [-0.2, -0.15) is 10.1 Å². The first-order chi connectivity index (χ1) is 16.9. The van der Waals surface area contributed by atoms with Gasteiger partial charge in [0.05, 0.1) is 19.4 Å². The molecule has 4 aromatic rings. The van der Waals surface area contributed by atoms with Crippen molar-refractivity contribution in [1.82, 2.24) is 19.1 Å². The van der Waals surface area contributed by atoms with Crippen LogP contribution in [0.3, 0.4) is 0 Å². The smallest absolute Gasteiger partial charge is 0.329 e. The Morgan fingerprint density at radius 1 is 1.14 bits per heavy atom. The lowest BCUT2D eigenvalue weighted by molar-refractivity contribution is 0.0938. The van der Waals surface area contributed by atoms with Crippen molar-refractivity contribution in [2.24, 2.45) is 12.1 Å². The van der Waals surface area contributed by atoms with Gasteiger partial charge in [-0.1, -0.05) is 18.2 Å². The number of anilines is 1. The average Bonchev–Trinajstić information content (AvgIpc) is 3.24. The van der Waals surface area contributed by atoms with Crippen LogP contribution in [-0.2, 0) is 13.6 Å². The van der Waals surface area contributed by atoms with Gasteiger partial charge in [-0.25, -0.2) is 10.2 Å². The highest BCUT2D eigenvalue weighted by molar-refractivity contribution is 5.99. The van der Waals surface area contributed by atoms with Crippen LogP contribution in [0.25, 0.3) is 11.2 Å². The topological polar surface area (TPSA) is 136 Å². The third kappa shape index (κ3) is 5.25. The van der Waals surface area contributed by atoms with Crippen molar-refractivity contribution in [3.8, 4) is 11.5 Å². The quantitative estimate of drug-likeness (QED) is 0.246. The second-order valence-corrected chi connectivity index (χ2v) is 7.85. The number of imidazole rings is 1. The number of fused-ring (bicyclic) bond motifs is 1. The molecule has 2 aromatic carbocycles. The van der Waals surface area contributed by atoms with Gasteiger partial charge in [0, 0.05) is 7.05 Å². The van der Waals surface area contributed by atoms with Gasteiger partial charge in [0.15, 0.2) is 11.2 Å². The molecule has 0 saturated carbocycles. The second kappa shape index (κ2) is 10.3. The summed E-state index contributed by atoms with van der Waals surface area (Å²) in [6.07, 6.45) is -0.976. The molecule has 0 radical (unpaired) electrons. The lowest BCUT2D eigenvalue weighted by Gasteiger charge is -2.15. The number of methoxy groups -OCH3 is 1. The van der Waals surface area contributed by atoms with Gasteiger partial charge < -0.3 is 19.1 Å². The summed E-state index contributed by atoms with van der Waals surface area (Å²) < 4.78 is 13.5. The molecule has 11 heteroatoms. The minimum Gasteiger partial charge on any atom is -0.497 e. The van der Waals surface area contributed by atoms with Crippen LogP contribution >= 0.6 is 0 Å². The maximum Gasteiger partial charge on any atom is 0.329 e. The van der Waals surface area contributed by atoms with E-state index in [2.05, 4.69) is 20.5 Å². The number of para-hydroxylation sites is 1. The molecular formula is C24H26N6O5. The number of aryl methyl sites for hydroxylation is 1. The van der Waals surface area contributed by atoms with Crippen LogP contribution in [-0.4, -0.2) is 49.7 Å². The number of aromatic amines is 1. The molecule has 1 atom stereocenters. The fourth-order valence-electron chi connectivity index (χ4n) is 3.50. The number of hydrogen-bond donors (Lipinski definition) is 3. The summed E-state index contributed by atoms with van der Waals surface area (Å²) in [5.41, 5.74) is 3.46. The lowest BCUT2D eigenvalue weighted by atomic mass is 10.1. The third-order valence-electron chi connectivity index (χ3n) is 5.42. The Balaban J connectivity index is 1.64. The Morgan fingerprint density at radius 2 is 1.86 bits per heavy atom. The first-order valence-corrected chi connectivity index (χ1v) is 10.9. The van der Waals surface area contributed by atoms with E-state index in [0.717, 1.165) is 11.3 Å². The van der Waals surface area contributed by atoms with Crippen LogP contribution in [0.2, 0.25) is 0 Å². The highest BCUT2D eigenvalue weighted by atomic mass is 16.5. The number of nitrogens with zero attached hydrogens (tertiary/aromatic N) is 4. The fraction of sp³-hybridized carbons (Fsp3) is 0.250. The van der Waals surface area contributed by atoms with E-state index in [1.54, 1.807) is 19.2 Å². The summed E-state index contributed by atoms with van der Waals surface area (Å²) in [4.78, 5) is 31.4. The Labute approximate surface area is 200 Å². The molecule has 0 saturated heterocycles. The first-order valence-electron chi connectivity index (χ1n) is 10.9. The van der Waals surface area contributed by atoms with Gasteiger partial charge in [0.1, 0.15) is 24.2 Å². The molecule has 0 spiro atoms. The van der Waals surface area contributed by atoms with Crippen LogP contribution in [0.1, 0.15) is 12.5 Å². The number of aromatic nitrogens is 4. The third-order valence-corrected chi connectivity index (χ3v) is 5.42. The summed E-state index contributed by atoms with van der Waals surface area (Å²) in [7, 11) is 3.10. The number of H-pyrrole nitrogens is 1. The Hall–Kier alpha value is -4.38. The summed E-state index contributed by atoms with van der Waals surface area (Å²) in [5.74, 6) is 1.53. The summed E-state index contributed by atoms with van der Waals surface area (Å²) >= 11 is 0. The van der Waals surface area contributed by atoms with E-state index in [-0.39, 0.29) is 30.3 Å². The normalized spacial score (nSPS) is 12.5. The molecule has 4 rings (SSSR count). The van der Waals surface area contributed by atoms with E-state index >= 15 is 0 Å². The SMILES string of the molecule is COc1ccc(/C(C)=N\Nc2nc3c(c(=O)[nH]c(=O)n3C)n2C[C@@H](O)COc2ccccc2)cc1.